The Morgan fingerprint density at radius 1 is 1.07 bits per heavy atom. The summed E-state index contributed by atoms with van der Waals surface area (Å²) in [5, 5.41) is 9.49. The highest BCUT2D eigenvalue weighted by Crippen LogP contribution is 2.44. The zero-order valence-electron chi connectivity index (χ0n) is 16.1. The van der Waals surface area contributed by atoms with Crippen molar-refractivity contribution in [3.05, 3.63) is 59.7 Å². The van der Waals surface area contributed by atoms with Gasteiger partial charge in [-0.05, 0) is 41.6 Å². The second-order valence-corrected chi connectivity index (χ2v) is 8.27. The molecule has 3 atom stereocenters. The number of hydrogen-bond donors (Lipinski definition) is 1. The largest absolute Gasteiger partial charge is 0.448 e. The maximum Gasteiger partial charge on any atom is 0.409 e. The van der Waals surface area contributed by atoms with Crippen LogP contribution in [0.4, 0.5) is 4.79 Å². The minimum Gasteiger partial charge on any atom is -0.448 e. The van der Waals surface area contributed by atoms with Crippen molar-refractivity contribution in [3.63, 3.8) is 0 Å². The second kappa shape index (κ2) is 6.90. The van der Waals surface area contributed by atoms with Gasteiger partial charge in [0.15, 0.2) is 0 Å². The molecule has 2 aromatic carbocycles. The molecule has 5 heteroatoms. The predicted molar refractivity (Wildman–Crippen MR) is 107 cm³/mol. The Morgan fingerprint density at radius 2 is 1.71 bits per heavy atom. The third kappa shape index (κ3) is 2.73. The number of amides is 1. The van der Waals surface area contributed by atoms with Crippen molar-refractivity contribution in [1.29, 1.82) is 0 Å². The van der Waals surface area contributed by atoms with Crippen molar-refractivity contribution >= 4 is 6.09 Å². The number of nitrogens with zero attached hydrogens (tertiary/aromatic N) is 2. The molecule has 0 saturated carbocycles. The third-order valence-corrected chi connectivity index (χ3v) is 6.89. The number of rotatable bonds is 3. The molecular formula is C23H26N2O3. The van der Waals surface area contributed by atoms with Crippen molar-refractivity contribution in [3.8, 4) is 11.1 Å². The highest BCUT2D eigenvalue weighted by atomic mass is 16.6. The van der Waals surface area contributed by atoms with Crippen LogP contribution in [-0.2, 0) is 4.74 Å². The molecule has 0 aromatic heterocycles. The number of carbonyl (C=O) groups excluding carboxylic acids is 1. The van der Waals surface area contributed by atoms with Gasteiger partial charge in [-0.3, -0.25) is 4.90 Å². The fourth-order valence-corrected chi connectivity index (χ4v) is 5.37. The lowest BCUT2D eigenvalue weighted by molar-refractivity contribution is 0.0976. The fraction of sp³-hybridized carbons (Fsp3) is 0.435. The number of aliphatic hydroxyl groups excluding tert-OH is 1. The van der Waals surface area contributed by atoms with E-state index in [-0.39, 0.29) is 24.7 Å². The Kier molecular flexibility index (Phi) is 4.37. The maximum absolute atomic E-state index is 12.8. The van der Waals surface area contributed by atoms with Gasteiger partial charge in [-0.15, -0.1) is 0 Å². The van der Waals surface area contributed by atoms with Crippen molar-refractivity contribution in [2.75, 3.05) is 33.4 Å². The van der Waals surface area contributed by atoms with Crippen molar-refractivity contribution < 1.29 is 14.6 Å². The molecule has 1 aliphatic carbocycles. The minimum absolute atomic E-state index is 0.0971. The quantitative estimate of drug-likeness (QED) is 0.892. The summed E-state index contributed by atoms with van der Waals surface area (Å²) in [6.45, 7) is 1.97. The summed E-state index contributed by atoms with van der Waals surface area (Å²) < 4.78 is 5.80. The van der Waals surface area contributed by atoms with Gasteiger partial charge in [0.25, 0.3) is 0 Å². The number of likely N-dealkylation sites (tertiary alicyclic amines) is 2. The van der Waals surface area contributed by atoms with E-state index in [9.17, 15) is 9.90 Å². The van der Waals surface area contributed by atoms with E-state index >= 15 is 0 Å². The maximum atomic E-state index is 12.8. The molecule has 0 radical (unpaired) electrons. The van der Waals surface area contributed by atoms with E-state index in [0.29, 0.717) is 25.1 Å². The molecule has 0 bridgehead atoms. The van der Waals surface area contributed by atoms with Gasteiger partial charge in [-0.1, -0.05) is 48.5 Å². The van der Waals surface area contributed by atoms with Crippen LogP contribution in [0.1, 0.15) is 23.5 Å². The van der Waals surface area contributed by atoms with Gasteiger partial charge in [-0.2, -0.15) is 0 Å². The lowest BCUT2D eigenvalue weighted by Gasteiger charge is -2.25. The number of hydrogen-bond acceptors (Lipinski definition) is 4. The Labute approximate surface area is 165 Å². The normalized spacial score (nSPS) is 26.2. The monoisotopic (exact) mass is 378 g/mol. The van der Waals surface area contributed by atoms with E-state index < -0.39 is 0 Å². The van der Waals surface area contributed by atoms with Crippen LogP contribution in [0.2, 0.25) is 0 Å². The van der Waals surface area contributed by atoms with Crippen molar-refractivity contribution in [2.24, 2.45) is 5.92 Å². The molecule has 5 rings (SSSR count). The van der Waals surface area contributed by atoms with Crippen LogP contribution in [0.3, 0.4) is 0 Å². The molecular weight excluding hydrogens is 352 g/mol. The van der Waals surface area contributed by atoms with E-state index in [1.165, 1.54) is 22.3 Å². The van der Waals surface area contributed by atoms with E-state index in [4.69, 9.17) is 4.74 Å². The topological polar surface area (TPSA) is 53.0 Å². The summed E-state index contributed by atoms with van der Waals surface area (Å²) in [6.07, 6.45) is 0.732. The van der Waals surface area contributed by atoms with Gasteiger partial charge in [0.1, 0.15) is 6.61 Å². The average molecular weight is 378 g/mol. The van der Waals surface area contributed by atoms with E-state index in [1.54, 1.807) is 0 Å². The summed E-state index contributed by atoms with van der Waals surface area (Å²) in [4.78, 5) is 16.8. The van der Waals surface area contributed by atoms with Crippen LogP contribution in [0.15, 0.2) is 48.5 Å². The highest BCUT2D eigenvalue weighted by molar-refractivity contribution is 5.79. The van der Waals surface area contributed by atoms with Crippen LogP contribution in [0.25, 0.3) is 11.1 Å². The van der Waals surface area contributed by atoms with Crippen LogP contribution < -0.4 is 0 Å². The molecule has 1 amide bonds. The Hall–Kier alpha value is -2.37. The van der Waals surface area contributed by atoms with Crippen LogP contribution in [0, 0.1) is 5.92 Å². The Morgan fingerprint density at radius 3 is 2.32 bits per heavy atom. The lowest BCUT2D eigenvalue weighted by atomic mass is 9.98. The first-order valence-electron chi connectivity index (χ1n) is 10.1. The summed E-state index contributed by atoms with van der Waals surface area (Å²) in [6, 6.07) is 17.3. The standard InChI is InChI=1S/C23H26N2O3/c1-24-16(13-26)10-15-11-25(12-22(15)24)23(27)28-14-21-19-8-4-2-6-17(19)18-7-3-5-9-20(18)21/h2-9,15-16,21-22,26H,10-14H2,1H3/t15-,16-,22+/m1/s1. The molecule has 28 heavy (non-hydrogen) atoms. The smallest absolute Gasteiger partial charge is 0.409 e. The number of benzene rings is 2. The first kappa shape index (κ1) is 17.7. The van der Waals surface area contributed by atoms with Crippen LogP contribution in [0.5, 0.6) is 0 Å². The van der Waals surface area contributed by atoms with Crippen LogP contribution >= 0.6 is 0 Å². The molecule has 2 heterocycles. The number of carbonyl (C=O) groups is 1. The predicted octanol–water partition coefficient (Wildman–Crippen LogP) is 2.93. The van der Waals surface area contributed by atoms with Crippen molar-refractivity contribution in [2.45, 2.75) is 24.4 Å². The number of aliphatic hydroxyl groups is 1. The SMILES string of the molecule is CN1[C@@H](CO)C[C@@H]2CN(C(=O)OCC3c4ccccc4-c4ccccc43)C[C@@H]21. The first-order chi connectivity index (χ1) is 13.7. The van der Waals surface area contributed by atoms with Gasteiger partial charge >= 0.3 is 6.09 Å². The highest BCUT2D eigenvalue weighted by Gasteiger charge is 2.46. The zero-order valence-corrected chi connectivity index (χ0v) is 16.1. The number of likely N-dealkylation sites (N-methyl/N-ethyl adjacent to an activating group) is 1. The molecule has 2 aliphatic heterocycles. The summed E-state index contributed by atoms with van der Waals surface area (Å²) in [7, 11) is 2.05. The molecule has 3 aliphatic rings. The molecule has 2 fully saturated rings. The molecule has 2 saturated heterocycles. The van der Waals surface area contributed by atoms with E-state index in [0.717, 1.165) is 13.0 Å². The zero-order chi connectivity index (χ0) is 19.3. The minimum atomic E-state index is -0.217. The number of ether oxygens (including phenoxy) is 1. The van der Waals surface area contributed by atoms with Crippen LogP contribution in [-0.4, -0.2) is 66.4 Å². The van der Waals surface area contributed by atoms with Gasteiger partial charge in [0.2, 0.25) is 0 Å². The summed E-state index contributed by atoms with van der Waals surface area (Å²) in [5.41, 5.74) is 4.96. The van der Waals surface area contributed by atoms with Gasteiger partial charge in [0, 0.05) is 31.1 Å². The number of fused-ring (bicyclic) bond motifs is 4. The fourth-order valence-electron chi connectivity index (χ4n) is 5.37. The van der Waals surface area contributed by atoms with E-state index in [2.05, 4.69) is 53.4 Å². The van der Waals surface area contributed by atoms with E-state index in [1.807, 2.05) is 11.9 Å². The Bertz CT molecular complexity index is 853. The average Bonchev–Trinajstić information content (AvgIpc) is 3.37. The molecule has 2 aromatic rings. The lowest BCUT2D eigenvalue weighted by Crippen LogP contribution is -2.40. The summed E-state index contributed by atoms with van der Waals surface area (Å²) >= 11 is 0. The summed E-state index contributed by atoms with van der Waals surface area (Å²) in [5.74, 6) is 0.530. The molecule has 5 nitrogen and oxygen atoms in total. The molecule has 1 N–H and O–H groups in total. The molecule has 0 spiro atoms. The Balaban J connectivity index is 1.27. The van der Waals surface area contributed by atoms with Crippen molar-refractivity contribution in [1.82, 2.24) is 9.80 Å². The van der Waals surface area contributed by atoms with Gasteiger partial charge < -0.3 is 14.7 Å². The first-order valence-corrected chi connectivity index (χ1v) is 10.1. The third-order valence-electron chi connectivity index (χ3n) is 6.89. The van der Waals surface area contributed by atoms with Gasteiger partial charge in [0.05, 0.1) is 6.61 Å². The second-order valence-electron chi connectivity index (χ2n) is 8.27. The molecule has 146 valence electrons. The van der Waals surface area contributed by atoms with Gasteiger partial charge in [-0.25, -0.2) is 4.79 Å². The molecule has 0 unspecified atom stereocenters.